The lowest BCUT2D eigenvalue weighted by atomic mass is 10.3. The number of para-hydroxylation sites is 2. The van der Waals surface area contributed by atoms with Crippen molar-refractivity contribution >= 4 is 47.0 Å². The Morgan fingerprint density at radius 2 is 1.05 bits per heavy atom. The number of amides is 2. The molecule has 0 atom stereocenters. The standard InChI is InChI=1S/C13H12N2O.Cl2O2S/c16-13(14-11-7-3-1-4-8-11)15-12-9-5-2-6-10-12;1-5(2,3)4/h1-10H,(H2,14,15,16);. The third kappa shape index (κ3) is 9.73. The maximum Gasteiger partial charge on any atom is 0.323 e. The predicted molar refractivity (Wildman–Crippen MR) is 86.2 cm³/mol. The van der Waals surface area contributed by atoms with Gasteiger partial charge in [0, 0.05) is 32.7 Å². The van der Waals surface area contributed by atoms with Crippen molar-refractivity contribution in [2.45, 2.75) is 0 Å². The summed E-state index contributed by atoms with van der Waals surface area (Å²) in [7, 11) is 4.81. The molecule has 21 heavy (non-hydrogen) atoms. The number of nitrogens with one attached hydrogen (secondary N) is 2. The molecule has 0 aliphatic heterocycles. The summed E-state index contributed by atoms with van der Waals surface area (Å²) >= 11 is 0. The van der Waals surface area contributed by atoms with Crippen LogP contribution in [-0.2, 0) is 8.26 Å². The van der Waals surface area contributed by atoms with Crippen molar-refractivity contribution in [1.82, 2.24) is 0 Å². The summed E-state index contributed by atoms with van der Waals surface area (Å²) in [6.45, 7) is 0. The number of carbonyl (C=O) groups excluding carboxylic acids is 1. The van der Waals surface area contributed by atoms with Crippen molar-refractivity contribution in [3.05, 3.63) is 60.7 Å². The highest BCUT2D eigenvalue weighted by Gasteiger charge is 2.00. The van der Waals surface area contributed by atoms with Gasteiger partial charge in [0.05, 0.1) is 0 Å². The van der Waals surface area contributed by atoms with Gasteiger partial charge in [0.25, 0.3) is 0 Å². The van der Waals surface area contributed by atoms with Crippen LogP contribution in [0.1, 0.15) is 0 Å². The zero-order chi connectivity index (χ0) is 15.7. The number of carbonyl (C=O) groups is 1. The van der Waals surface area contributed by atoms with E-state index < -0.39 is 8.26 Å². The molecule has 2 rings (SSSR count). The van der Waals surface area contributed by atoms with Crippen molar-refractivity contribution in [2.24, 2.45) is 0 Å². The first-order chi connectivity index (χ1) is 9.84. The Hall–Kier alpha value is -1.76. The lowest BCUT2D eigenvalue weighted by molar-refractivity contribution is 0.262. The Morgan fingerprint density at radius 1 is 0.762 bits per heavy atom. The second kappa shape index (κ2) is 8.51. The van der Waals surface area contributed by atoms with E-state index in [1.54, 1.807) is 0 Å². The van der Waals surface area contributed by atoms with Crippen molar-refractivity contribution in [3.63, 3.8) is 0 Å². The van der Waals surface area contributed by atoms with E-state index in [1.807, 2.05) is 60.7 Å². The molecular weight excluding hydrogens is 335 g/mol. The molecular formula is C13H12Cl2N2O3S. The Kier molecular flexibility index (Phi) is 7.01. The third-order valence-corrected chi connectivity index (χ3v) is 2.06. The van der Waals surface area contributed by atoms with Crippen LogP contribution in [0.4, 0.5) is 16.2 Å². The summed E-state index contributed by atoms with van der Waals surface area (Å²) in [6.07, 6.45) is 0. The monoisotopic (exact) mass is 346 g/mol. The number of rotatable bonds is 2. The van der Waals surface area contributed by atoms with Crippen molar-refractivity contribution < 1.29 is 13.2 Å². The average Bonchev–Trinajstić information content (AvgIpc) is 2.39. The molecule has 0 saturated carbocycles. The largest absolute Gasteiger partial charge is 0.323 e. The van der Waals surface area contributed by atoms with Gasteiger partial charge in [-0.2, -0.15) is 8.42 Å². The first-order valence-corrected chi connectivity index (χ1v) is 8.80. The van der Waals surface area contributed by atoms with E-state index in [9.17, 15) is 4.79 Å². The fraction of sp³-hybridized carbons (Fsp3) is 0. The van der Waals surface area contributed by atoms with Gasteiger partial charge in [-0.25, -0.2) is 4.79 Å². The van der Waals surface area contributed by atoms with Crippen molar-refractivity contribution in [1.29, 1.82) is 0 Å². The summed E-state index contributed by atoms with van der Waals surface area (Å²) in [5, 5.41) is 5.48. The molecule has 0 unspecified atom stereocenters. The van der Waals surface area contributed by atoms with Crippen LogP contribution in [0.25, 0.3) is 0 Å². The van der Waals surface area contributed by atoms with Gasteiger partial charge in [-0.15, -0.1) is 0 Å². The van der Waals surface area contributed by atoms with Gasteiger partial charge in [0.2, 0.25) is 0 Å². The first-order valence-electron chi connectivity index (χ1n) is 5.67. The molecule has 0 saturated heterocycles. The zero-order valence-electron chi connectivity index (χ0n) is 10.7. The molecule has 0 aliphatic rings. The molecule has 0 fully saturated rings. The van der Waals surface area contributed by atoms with Crippen LogP contribution in [0.15, 0.2) is 60.7 Å². The summed E-state index contributed by atoms with van der Waals surface area (Å²) in [5.74, 6) is 0. The van der Waals surface area contributed by atoms with Crippen LogP contribution in [0.2, 0.25) is 0 Å². The van der Waals surface area contributed by atoms with Crippen LogP contribution >= 0.6 is 21.4 Å². The SMILES string of the molecule is O=C(Nc1ccccc1)Nc1ccccc1.O=S(=O)(Cl)Cl. The Morgan fingerprint density at radius 3 is 1.33 bits per heavy atom. The number of benzene rings is 2. The molecule has 0 aromatic heterocycles. The van der Waals surface area contributed by atoms with E-state index in [2.05, 4.69) is 32.0 Å². The first kappa shape index (κ1) is 17.3. The molecule has 2 N–H and O–H groups in total. The van der Waals surface area contributed by atoms with Gasteiger partial charge in [0.1, 0.15) is 0 Å². The van der Waals surface area contributed by atoms with E-state index in [-0.39, 0.29) is 6.03 Å². The van der Waals surface area contributed by atoms with Crippen molar-refractivity contribution in [2.75, 3.05) is 10.6 Å². The van der Waals surface area contributed by atoms with Crippen molar-refractivity contribution in [3.8, 4) is 0 Å². The molecule has 5 nitrogen and oxygen atoms in total. The minimum atomic E-state index is -3.72. The molecule has 0 spiro atoms. The fourth-order valence-electron chi connectivity index (χ4n) is 1.34. The lowest BCUT2D eigenvalue weighted by Crippen LogP contribution is -2.19. The maximum atomic E-state index is 11.6. The molecule has 0 aliphatic carbocycles. The highest BCUT2D eigenvalue weighted by atomic mass is 36.0. The van der Waals surface area contributed by atoms with Gasteiger partial charge in [-0.1, -0.05) is 36.4 Å². The maximum absolute atomic E-state index is 11.6. The molecule has 0 radical (unpaired) electrons. The van der Waals surface area contributed by atoms with Crippen LogP contribution in [0, 0.1) is 0 Å². The molecule has 112 valence electrons. The Balaban J connectivity index is 0.000000383. The lowest BCUT2D eigenvalue weighted by Gasteiger charge is -2.06. The molecule has 0 heterocycles. The highest BCUT2D eigenvalue weighted by Crippen LogP contribution is 2.08. The van der Waals surface area contributed by atoms with E-state index in [0.717, 1.165) is 11.4 Å². The third-order valence-electron chi connectivity index (χ3n) is 2.06. The van der Waals surface area contributed by atoms with Gasteiger partial charge in [-0.3, -0.25) is 0 Å². The number of hydrogen-bond acceptors (Lipinski definition) is 3. The van der Waals surface area contributed by atoms with Gasteiger partial charge in [0.15, 0.2) is 0 Å². The van der Waals surface area contributed by atoms with Gasteiger partial charge < -0.3 is 10.6 Å². The predicted octanol–water partition coefficient (Wildman–Crippen LogP) is 4.04. The second-order valence-corrected chi connectivity index (χ2v) is 7.36. The molecule has 2 aromatic carbocycles. The van der Waals surface area contributed by atoms with Crippen LogP contribution < -0.4 is 10.6 Å². The van der Waals surface area contributed by atoms with E-state index in [0.29, 0.717) is 0 Å². The Bertz CT molecular complexity index is 613. The summed E-state index contributed by atoms with van der Waals surface area (Å²) in [6, 6.07) is 18.4. The number of urea groups is 1. The highest BCUT2D eigenvalue weighted by molar-refractivity contribution is 8.31. The second-order valence-electron chi connectivity index (χ2n) is 3.69. The summed E-state index contributed by atoms with van der Waals surface area (Å²) in [5.41, 5.74) is 1.55. The molecule has 8 heteroatoms. The van der Waals surface area contributed by atoms with Crippen LogP contribution in [0.5, 0.6) is 0 Å². The normalized spacial score (nSPS) is 10.0. The molecule has 2 amide bonds. The fourth-order valence-corrected chi connectivity index (χ4v) is 1.34. The van der Waals surface area contributed by atoms with Crippen LogP contribution in [-0.4, -0.2) is 14.4 Å². The Labute approximate surface area is 131 Å². The number of anilines is 2. The van der Waals surface area contributed by atoms with Gasteiger partial charge >= 0.3 is 14.3 Å². The zero-order valence-corrected chi connectivity index (χ0v) is 13.0. The van der Waals surface area contributed by atoms with Gasteiger partial charge in [-0.05, 0) is 24.3 Å². The summed E-state index contributed by atoms with van der Waals surface area (Å²) in [4.78, 5) is 11.6. The number of hydrogen-bond donors (Lipinski definition) is 2. The van der Waals surface area contributed by atoms with E-state index >= 15 is 0 Å². The quantitative estimate of drug-likeness (QED) is 0.805. The summed E-state index contributed by atoms with van der Waals surface area (Å²) < 4.78 is 18.3. The number of halogens is 2. The molecule has 2 aromatic rings. The minimum absolute atomic E-state index is 0.239. The minimum Gasteiger partial charge on any atom is -0.308 e. The molecule has 0 bridgehead atoms. The van der Waals surface area contributed by atoms with Crippen LogP contribution in [0.3, 0.4) is 0 Å². The average molecular weight is 347 g/mol. The van der Waals surface area contributed by atoms with E-state index in [4.69, 9.17) is 8.42 Å². The van der Waals surface area contributed by atoms with E-state index in [1.165, 1.54) is 0 Å². The smallest absolute Gasteiger partial charge is 0.308 e. The topological polar surface area (TPSA) is 75.3 Å².